The second-order valence-electron chi connectivity index (χ2n) is 3.46. The molecule has 3 N–H and O–H groups in total. The van der Waals surface area contributed by atoms with Gasteiger partial charge in [0.1, 0.15) is 6.33 Å². The molecule has 14 heavy (non-hydrogen) atoms. The Balaban J connectivity index is 2.29. The number of rotatable bonds is 5. The van der Waals surface area contributed by atoms with Crippen molar-refractivity contribution in [1.82, 2.24) is 15.3 Å². The molecule has 5 nitrogen and oxygen atoms in total. The molecular weight excluding hydrogens is 182 g/mol. The fourth-order valence-electron chi connectivity index (χ4n) is 0.938. The number of nitrogens with one attached hydrogen (secondary N) is 1. The standard InChI is InChI=1S/C9H15N3O2/c1-9(14,6-13)5-11-4-8-2-3-10-7-12-8/h2-3,7,11,13-14H,4-6H2,1H3. The molecule has 0 radical (unpaired) electrons. The summed E-state index contributed by atoms with van der Waals surface area (Å²) in [4.78, 5) is 7.80. The highest BCUT2D eigenvalue weighted by atomic mass is 16.3. The van der Waals surface area contributed by atoms with Gasteiger partial charge in [0.2, 0.25) is 0 Å². The third-order valence-corrected chi connectivity index (χ3v) is 1.80. The maximum Gasteiger partial charge on any atom is 0.115 e. The van der Waals surface area contributed by atoms with Gasteiger partial charge in [0.25, 0.3) is 0 Å². The van der Waals surface area contributed by atoms with Gasteiger partial charge < -0.3 is 15.5 Å². The molecule has 0 aliphatic heterocycles. The third kappa shape index (κ3) is 3.78. The molecule has 0 aliphatic rings. The molecule has 0 spiro atoms. The summed E-state index contributed by atoms with van der Waals surface area (Å²) in [7, 11) is 0. The van der Waals surface area contributed by atoms with E-state index in [0.717, 1.165) is 5.69 Å². The summed E-state index contributed by atoms with van der Waals surface area (Å²) < 4.78 is 0. The molecule has 1 unspecified atom stereocenters. The van der Waals surface area contributed by atoms with Gasteiger partial charge in [0.15, 0.2) is 0 Å². The van der Waals surface area contributed by atoms with Crippen molar-refractivity contribution in [2.24, 2.45) is 0 Å². The van der Waals surface area contributed by atoms with Crippen LogP contribution in [0.25, 0.3) is 0 Å². The first-order valence-corrected chi connectivity index (χ1v) is 4.43. The largest absolute Gasteiger partial charge is 0.393 e. The van der Waals surface area contributed by atoms with Gasteiger partial charge in [-0.15, -0.1) is 0 Å². The van der Waals surface area contributed by atoms with Gasteiger partial charge in [-0.25, -0.2) is 9.97 Å². The minimum Gasteiger partial charge on any atom is -0.393 e. The van der Waals surface area contributed by atoms with E-state index in [1.807, 2.05) is 0 Å². The summed E-state index contributed by atoms with van der Waals surface area (Å²) in [6, 6.07) is 1.79. The Bertz CT molecular complexity index is 264. The molecule has 1 heterocycles. The van der Waals surface area contributed by atoms with Crippen LogP contribution in [0, 0.1) is 0 Å². The van der Waals surface area contributed by atoms with Crippen LogP contribution >= 0.6 is 0 Å². The van der Waals surface area contributed by atoms with Crippen LogP contribution in [-0.2, 0) is 6.54 Å². The average Bonchev–Trinajstić information content (AvgIpc) is 2.19. The van der Waals surface area contributed by atoms with E-state index in [2.05, 4.69) is 15.3 Å². The van der Waals surface area contributed by atoms with Crippen molar-refractivity contribution < 1.29 is 10.2 Å². The molecule has 5 heteroatoms. The van der Waals surface area contributed by atoms with Crippen molar-refractivity contribution in [2.45, 2.75) is 19.1 Å². The predicted molar refractivity (Wildman–Crippen MR) is 51.4 cm³/mol. The average molecular weight is 197 g/mol. The monoisotopic (exact) mass is 197 g/mol. The zero-order valence-electron chi connectivity index (χ0n) is 8.14. The number of hydrogen-bond donors (Lipinski definition) is 3. The number of aromatic nitrogens is 2. The van der Waals surface area contributed by atoms with E-state index in [9.17, 15) is 5.11 Å². The molecule has 0 saturated carbocycles. The number of nitrogens with zero attached hydrogens (tertiary/aromatic N) is 2. The van der Waals surface area contributed by atoms with Crippen molar-refractivity contribution in [3.05, 3.63) is 24.3 Å². The summed E-state index contributed by atoms with van der Waals surface area (Å²) in [5.41, 5.74) is -0.221. The second-order valence-corrected chi connectivity index (χ2v) is 3.46. The predicted octanol–water partition coefficient (Wildman–Crippen LogP) is -0.691. The van der Waals surface area contributed by atoms with Gasteiger partial charge in [-0.3, -0.25) is 0 Å². The van der Waals surface area contributed by atoms with Gasteiger partial charge in [0, 0.05) is 19.3 Å². The summed E-state index contributed by atoms with van der Waals surface area (Å²) in [5, 5.41) is 21.2. The molecule has 0 amide bonds. The first-order valence-electron chi connectivity index (χ1n) is 4.43. The smallest absolute Gasteiger partial charge is 0.115 e. The molecular formula is C9H15N3O2. The summed E-state index contributed by atoms with van der Waals surface area (Å²) >= 11 is 0. The van der Waals surface area contributed by atoms with Gasteiger partial charge >= 0.3 is 0 Å². The first kappa shape index (κ1) is 11.0. The number of aliphatic hydroxyl groups is 2. The Morgan fingerprint density at radius 1 is 1.57 bits per heavy atom. The minimum atomic E-state index is -1.08. The zero-order chi connectivity index (χ0) is 10.4. The Kier molecular flexibility index (Phi) is 3.94. The van der Waals surface area contributed by atoms with Crippen molar-refractivity contribution in [3.8, 4) is 0 Å². The van der Waals surface area contributed by atoms with Crippen LogP contribution in [0.3, 0.4) is 0 Å². The summed E-state index contributed by atoms with van der Waals surface area (Å²) in [5.74, 6) is 0. The van der Waals surface area contributed by atoms with Gasteiger partial charge in [0.05, 0.1) is 17.9 Å². The summed E-state index contributed by atoms with van der Waals surface area (Å²) in [6.45, 7) is 2.19. The highest BCUT2D eigenvalue weighted by Gasteiger charge is 2.17. The fourth-order valence-corrected chi connectivity index (χ4v) is 0.938. The lowest BCUT2D eigenvalue weighted by Crippen LogP contribution is -2.40. The van der Waals surface area contributed by atoms with Crippen LogP contribution < -0.4 is 5.32 Å². The van der Waals surface area contributed by atoms with E-state index in [1.165, 1.54) is 6.33 Å². The highest BCUT2D eigenvalue weighted by molar-refractivity contribution is 4.97. The molecule has 0 bridgehead atoms. The van der Waals surface area contributed by atoms with Crippen LogP contribution in [0.1, 0.15) is 12.6 Å². The Morgan fingerprint density at radius 3 is 2.93 bits per heavy atom. The molecule has 1 aromatic heterocycles. The van der Waals surface area contributed by atoms with E-state index >= 15 is 0 Å². The first-order chi connectivity index (χ1) is 6.64. The lowest BCUT2D eigenvalue weighted by molar-refractivity contribution is 0.00248. The maximum atomic E-state index is 9.46. The molecule has 0 aliphatic carbocycles. The minimum absolute atomic E-state index is 0.260. The van der Waals surface area contributed by atoms with Crippen LogP contribution in [0.15, 0.2) is 18.6 Å². The lowest BCUT2D eigenvalue weighted by Gasteiger charge is -2.20. The highest BCUT2D eigenvalue weighted by Crippen LogP contribution is 1.99. The molecule has 0 fully saturated rings. The Morgan fingerprint density at radius 2 is 2.36 bits per heavy atom. The SMILES string of the molecule is CC(O)(CO)CNCc1ccncn1. The molecule has 1 atom stereocenters. The summed E-state index contributed by atoms with van der Waals surface area (Å²) in [6.07, 6.45) is 3.13. The molecule has 0 aromatic carbocycles. The van der Waals surface area contributed by atoms with E-state index in [-0.39, 0.29) is 6.61 Å². The molecule has 1 rings (SSSR count). The van der Waals surface area contributed by atoms with Crippen LogP contribution in [0.2, 0.25) is 0 Å². The molecule has 78 valence electrons. The molecule has 0 saturated heterocycles. The van der Waals surface area contributed by atoms with E-state index < -0.39 is 5.60 Å². The van der Waals surface area contributed by atoms with Crippen molar-refractivity contribution >= 4 is 0 Å². The van der Waals surface area contributed by atoms with E-state index in [1.54, 1.807) is 19.2 Å². The van der Waals surface area contributed by atoms with Crippen LogP contribution in [-0.4, -0.2) is 38.9 Å². The third-order valence-electron chi connectivity index (χ3n) is 1.80. The molecule has 1 aromatic rings. The topological polar surface area (TPSA) is 78.3 Å². The lowest BCUT2D eigenvalue weighted by atomic mass is 10.1. The Hall–Kier alpha value is -1.04. The quantitative estimate of drug-likeness (QED) is 0.582. The zero-order valence-corrected chi connectivity index (χ0v) is 8.14. The maximum absolute atomic E-state index is 9.46. The van der Waals surface area contributed by atoms with E-state index in [0.29, 0.717) is 13.1 Å². The van der Waals surface area contributed by atoms with Crippen LogP contribution in [0.4, 0.5) is 0 Å². The van der Waals surface area contributed by atoms with Gasteiger partial charge in [-0.2, -0.15) is 0 Å². The van der Waals surface area contributed by atoms with E-state index in [4.69, 9.17) is 5.11 Å². The normalized spacial score (nSPS) is 15.1. The van der Waals surface area contributed by atoms with Gasteiger partial charge in [-0.05, 0) is 13.0 Å². The second kappa shape index (κ2) is 4.99. The van der Waals surface area contributed by atoms with Crippen molar-refractivity contribution in [1.29, 1.82) is 0 Å². The number of aliphatic hydroxyl groups excluding tert-OH is 1. The van der Waals surface area contributed by atoms with Gasteiger partial charge in [-0.1, -0.05) is 0 Å². The van der Waals surface area contributed by atoms with Crippen LogP contribution in [0.5, 0.6) is 0 Å². The Labute approximate surface area is 82.8 Å². The number of hydrogen-bond acceptors (Lipinski definition) is 5. The van der Waals surface area contributed by atoms with Crippen molar-refractivity contribution in [2.75, 3.05) is 13.2 Å². The van der Waals surface area contributed by atoms with Crippen molar-refractivity contribution in [3.63, 3.8) is 0 Å². The fraction of sp³-hybridized carbons (Fsp3) is 0.556.